The van der Waals surface area contributed by atoms with E-state index in [4.69, 9.17) is 0 Å². The van der Waals surface area contributed by atoms with Crippen molar-refractivity contribution in [2.75, 3.05) is 26.2 Å². The standard InChI is InChI=1S/C23H26N2O3/c26-16-17-5-7-18(8-6-17)20-3-1-4-21(15-20)23(28)25-12-2-11-24(13-14-25)22(27)19-9-10-19/h1,3-8,15,19,26H,2,9-14,16H2. The van der Waals surface area contributed by atoms with Crippen LogP contribution >= 0.6 is 0 Å². The van der Waals surface area contributed by atoms with Crippen LogP contribution in [0.25, 0.3) is 11.1 Å². The number of nitrogens with zero attached hydrogens (tertiary/aromatic N) is 2. The lowest BCUT2D eigenvalue weighted by Gasteiger charge is -2.22. The zero-order valence-electron chi connectivity index (χ0n) is 16.0. The van der Waals surface area contributed by atoms with Crippen molar-refractivity contribution < 1.29 is 14.7 Å². The molecule has 0 spiro atoms. The van der Waals surface area contributed by atoms with Gasteiger partial charge < -0.3 is 14.9 Å². The molecular weight excluding hydrogens is 352 g/mol. The Kier molecular flexibility index (Phi) is 5.44. The molecular formula is C23H26N2O3. The second kappa shape index (κ2) is 8.15. The van der Waals surface area contributed by atoms with Gasteiger partial charge in [0.1, 0.15) is 0 Å². The third kappa shape index (κ3) is 4.09. The molecule has 2 aromatic carbocycles. The van der Waals surface area contributed by atoms with E-state index in [0.717, 1.165) is 42.5 Å². The number of aliphatic hydroxyl groups is 1. The van der Waals surface area contributed by atoms with Crippen LogP contribution in [0.15, 0.2) is 48.5 Å². The molecule has 0 bridgehead atoms. The first-order valence-electron chi connectivity index (χ1n) is 10.0. The van der Waals surface area contributed by atoms with Gasteiger partial charge in [0.15, 0.2) is 0 Å². The average Bonchev–Trinajstić information content (AvgIpc) is 3.60. The maximum absolute atomic E-state index is 13.0. The molecule has 4 rings (SSSR count). The molecule has 0 unspecified atom stereocenters. The number of hydrogen-bond acceptors (Lipinski definition) is 3. The van der Waals surface area contributed by atoms with Gasteiger partial charge in [-0.3, -0.25) is 9.59 Å². The third-order valence-electron chi connectivity index (χ3n) is 5.60. The number of benzene rings is 2. The van der Waals surface area contributed by atoms with Gasteiger partial charge >= 0.3 is 0 Å². The van der Waals surface area contributed by atoms with Gasteiger partial charge in [0, 0.05) is 37.7 Å². The highest BCUT2D eigenvalue weighted by atomic mass is 16.3. The molecule has 1 saturated carbocycles. The molecule has 5 heteroatoms. The minimum Gasteiger partial charge on any atom is -0.392 e. The molecule has 1 heterocycles. The largest absolute Gasteiger partial charge is 0.392 e. The van der Waals surface area contributed by atoms with Crippen LogP contribution in [0.1, 0.15) is 35.2 Å². The first-order chi connectivity index (χ1) is 13.7. The number of amides is 2. The van der Waals surface area contributed by atoms with Crippen LogP contribution in [0, 0.1) is 5.92 Å². The maximum Gasteiger partial charge on any atom is 0.253 e. The quantitative estimate of drug-likeness (QED) is 0.890. The van der Waals surface area contributed by atoms with Gasteiger partial charge in [0.2, 0.25) is 5.91 Å². The van der Waals surface area contributed by atoms with E-state index in [-0.39, 0.29) is 24.3 Å². The Morgan fingerprint density at radius 3 is 2.32 bits per heavy atom. The molecule has 1 aliphatic carbocycles. The third-order valence-corrected chi connectivity index (χ3v) is 5.60. The summed E-state index contributed by atoms with van der Waals surface area (Å²) in [4.78, 5) is 29.2. The molecule has 0 aromatic heterocycles. The Morgan fingerprint density at radius 2 is 1.61 bits per heavy atom. The van der Waals surface area contributed by atoms with Crippen molar-refractivity contribution in [3.8, 4) is 11.1 Å². The smallest absolute Gasteiger partial charge is 0.253 e. The van der Waals surface area contributed by atoms with Crippen LogP contribution in [-0.2, 0) is 11.4 Å². The van der Waals surface area contributed by atoms with E-state index in [9.17, 15) is 14.7 Å². The molecule has 1 N–H and O–H groups in total. The van der Waals surface area contributed by atoms with E-state index in [1.807, 2.05) is 58.3 Å². The van der Waals surface area contributed by atoms with Gasteiger partial charge in [-0.05, 0) is 48.1 Å². The summed E-state index contributed by atoms with van der Waals surface area (Å²) in [6, 6.07) is 15.4. The zero-order chi connectivity index (χ0) is 19.5. The van der Waals surface area contributed by atoms with Gasteiger partial charge in [0.05, 0.1) is 6.61 Å². The first-order valence-corrected chi connectivity index (χ1v) is 10.0. The molecule has 0 radical (unpaired) electrons. The van der Waals surface area contributed by atoms with E-state index < -0.39 is 0 Å². The van der Waals surface area contributed by atoms with E-state index in [1.54, 1.807) is 0 Å². The Labute approximate surface area is 165 Å². The maximum atomic E-state index is 13.0. The van der Waals surface area contributed by atoms with Crippen molar-refractivity contribution in [3.05, 3.63) is 59.7 Å². The highest BCUT2D eigenvalue weighted by molar-refractivity contribution is 5.95. The van der Waals surface area contributed by atoms with Crippen molar-refractivity contribution in [2.45, 2.75) is 25.9 Å². The highest BCUT2D eigenvalue weighted by Crippen LogP contribution is 2.31. The highest BCUT2D eigenvalue weighted by Gasteiger charge is 2.34. The van der Waals surface area contributed by atoms with Crippen molar-refractivity contribution in [2.24, 2.45) is 5.92 Å². The predicted molar refractivity (Wildman–Crippen MR) is 108 cm³/mol. The van der Waals surface area contributed by atoms with Crippen LogP contribution in [0.3, 0.4) is 0 Å². The minimum absolute atomic E-state index is 0.0219. The Bertz CT molecular complexity index is 858. The Hall–Kier alpha value is -2.66. The number of carbonyl (C=O) groups is 2. The second-order valence-corrected chi connectivity index (χ2v) is 7.68. The monoisotopic (exact) mass is 378 g/mol. The summed E-state index contributed by atoms with van der Waals surface area (Å²) in [7, 11) is 0. The summed E-state index contributed by atoms with van der Waals surface area (Å²) in [6.07, 6.45) is 2.86. The summed E-state index contributed by atoms with van der Waals surface area (Å²) in [5, 5.41) is 9.20. The molecule has 146 valence electrons. The van der Waals surface area contributed by atoms with Crippen molar-refractivity contribution >= 4 is 11.8 Å². The average molecular weight is 378 g/mol. The van der Waals surface area contributed by atoms with Crippen LogP contribution in [0.2, 0.25) is 0 Å². The lowest BCUT2D eigenvalue weighted by Crippen LogP contribution is -2.38. The van der Waals surface area contributed by atoms with Gasteiger partial charge in [-0.2, -0.15) is 0 Å². The predicted octanol–water partition coefficient (Wildman–Crippen LogP) is 2.93. The molecule has 2 amide bonds. The Balaban J connectivity index is 1.46. The minimum atomic E-state index is 0.0219. The first kappa shape index (κ1) is 18.7. The molecule has 2 aliphatic rings. The number of hydrogen-bond donors (Lipinski definition) is 1. The van der Waals surface area contributed by atoms with E-state index >= 15 is 0 Å². The number of rotatable bonds is 4. The lowest BCUT2D eigenvalue weighted by molar-refractivity contribution is -0.132. The van der Waals surface area contributed by atoms with Crippen LogP contribution < -0.4 is 0 Å². The van der Waals surface area contributed by atoms with E-state index in [2.05, 4.69) is 0 Å². The normalized spacial score (nSPS) is 17.3. The molecule has 28 heavy (non-hydrogen) atoms. The summed E-state index contributed by atoms with van der Waals surface area (Å²) >= 11 is 0. The summed E-state index contributed by atoms with van der Waals surface area (Å²) in [6.45, 7) is 2.67. The van der Waals surface area contributed by atoms with Gasteiger partial charge in [-0.25, -0.2) is 0 Å². The van der Waals surface area contributed by atoms with Gasteiger partial charge in [-0.1, -0.05) is 36.4 Å². The Morgan fingerprint density at radius 1 is 0.893 bits per heavy atom. The molecule has 1 aliphatic heterocycles. The van der Waals surface area contributed by atoms with Gasteiger partial charge in [-0.15, -0.1) is 0 Å². The number of aliphatic hydroxyl groups excluding tert-OH is 1. The van der Waals surface area contributed by atoms with Crippen LogP contribution in [0.4, 0.5) is 0 Å². The summed E-state index contributed by atoms with van der Waals surface area (Å²) < 4.78 is 0. The molecule has 1 saturated heterocycles. The number of carbonyl (C=O) groups excluding carboxylic acids is 2. The van der Waals surface area contributed by atoms with Gasteiger partial charge in [0.25, 0.3) is 5.91 Å². The van der Waals surface area contributed by atoms with Crippen molar-refractivity contribution in [1.82, 2.24) is 9.80 Å². The van der Waals surface area contributed by atoms with Crippen LogP contribution in [0.5, 0.6) is 0 Å². The zero-order valence-corrected chi connectivity index (χ0v) is 16.0. The lowest BCUT2D eigenvalue weighted by atomic mass is 10.0. The fourth-order valence-corrected chi connectivity index (χ4v) is 3.75. The van der Waals surface area contributed by atoms with Crippen molar-refractivity contribution in [1.29, 1.82) is 0 Å². The van der Waals surface area contributed by atoms with E-state index in [0.29, 0.717) is 25.2 Å². The molecule has 2 fully saturated rings. The molecule has 2 aromatic rings. The molecule has 5 nitrogen and oxygen atoms in total. The summed E-state index contributed by atoms with van der Waals surface area (Å²) in [5.74, 6) is 0.522. The SMILES string of the molecule is O=C(c1cccc(-c2ccc(CO)cc2)c1)N1CCCN(C(=O)C2CC2)CC1. The summed E-state index contributed by atoms with van der Waals surface area (Å²) in [5.41, 5.74) is 3.54. The molecule has 0 atom stereocenters. The topological polar surface area (TPSA) is 60.9 Å². The van der Waals surface area contributed by atoms with Crippen LogP contribution in [-0.4, -0.2) is 52.9 Å². The fourth-order valence-electron chi connectivity index (χ4n) is 3.75. The van der Waals surface area contributed by atoms with Crippen molar-refractivity contribution in [3.63, 3.8) is 0 Å². The van der Waals surface area contributed by atoms with E-state index in [1.165, 1.54) is 0 Å². The fraction of sp³-hybridized carbons (Fsp3) is 0.391. The second-order valence-electron chi connectivity index (χ2n) is 7.68.